The van der Waals surface area contributed by atoms with Crippen LogP contribution >= 0.6 is 12.6 Å². The second-order valence-corrected chi connectivity index (χ2v) is 3.02. The maximum Gasteiger partial charge on any atom is 0.320 e. The first-order valence-corrected chi connectivity index (χ1v) is 5.70. The zero-order valence-electron chi connectivity index (χ0n) is 10.3. The molecule has 20 heavy (non-hydrogen) atoms. The van der Waals surface area contributed by atoms with Crippen molar-refractivity contribution in [2.24, 2.45) is 0 Å². The Hall–Kier alpha value is -3.26. The summed E-state index contributed by atoms with van der Waals surface area (Å²) in [6.07, 6.45) is 7.22. The third kappa shape index (κ3) is 12.8. The van der Waals surface area contributed by atoms with Gasteiger partial charge in [-0.25, -0.2) is 0 Å². The summed E-state index contributed by atoms with van der Waals surface area (Å²) in [5.74, 6) is 28.5. The minimum absolute atomic E-state index is 0. The van der Waals surface area contributed by atoms with Crippen molar-refractivity contribution < 1.29 is 29.5 Å². The highest BCUT2D eigenvalue weighted by atomic mass is 32.1. The van der Waals surface area contributed by atoms with Gasteiger partial charge in [-0.2, -0.15) is 12.6 Å². The van der Waals surface area contributed by atoms with Gasteiger partial charge in [0.1, 0.15) is 6.11 Å². The predicted molar refractivity (Wildman–Crippen MR) is 110 cm³/mol. The Labute approximate surface area is 145 Å². The number of ether oxygens (including phenoxy) is 1. The quantitative estimate of drug-likeness (QED) is 0.475. The van der Waals surface area contributed by atoms with Crippen molar-refractivity contribution >= 4 is 18.6 Å². The molecule has 0 spiro atoms. The van der Waals surface area contributed by atoms with Gasteiger partial charge < -0.3 is 4.74 Å². The van der Waals surface area contributed by atoms with Gasteiger partial charge in [0.15, 0.2) is 0 Å². The molecule has 0 heterocycles. The van der Waals surface area contributed by atoms with E-state index in [2.05, 4.69) is 94.5 Å². The summed E-state index contributed by atoms with van der Waals surface area (Å²) in [5, 5.41) is 0. The normalized spacial score (nSPS) is 5.40. The van der Waals surface area contributed by atoms with Gasteiger partial charge in [0, 0.05) is 61.2 Å². The summed E-state index contributed by atoms with van der Waals surface area (Å²) < 4.78 is 4.50. The van der Waals surface area contributed by atoms with E-state index in [0.29, 0.717) is 5.75 Å². The molecule has 0 aromatic carbocycles. The summed E-state index contributed by atoms with van der Waals surface area (Å²) >= 11 is 3.87. The number of hydrogen-bond acceptors (Lipinski definition) is 3. The topological polar surface area (TPSA) is 26.3 Å². The molecule has 0 rings (SSSR count). The third-order valence-electron chi connectivity index (χ3n) is 1.23. The van der Waals surface area contributed by atoms with E-state index in [1.165, 1.54) is 0 Å². The number of thiol groups is 1. The molecule has 0 aliphatic rings. The number of esters is 1. The third-order valence-corrected chi connectivity index (χ3v) is 1.45. The molecule has 0 atom stereocenters. The number of carbonyl (C=O) groups is 1. The molecule has 0 bridgehead atoms. The van der Waals surface area contributed by atoms with Crippen LogP contribution in [0.1, 0.15) is 26.4 Å². The van der Waals surface area contributed by atoms with Crippen LogP contribution in [0.3, 0.4) is 0 Å². The second kappa shape index (κ2) is 13.8. The highest BCUT2D eigenvalue weighted by molar-refractivity contribution is 7.80. The Balaban J connectivity index is -0.0000000198. The average molecular weight is 303 g/mol. The lowest BCUT2D eigenvalue weighted by Crippen LogP contribution is -1.99. The lowest BCUT2D eigenvalue weighted by Gasteiger charge is -1.89. The van der Waals surface area contributed by atoms with Crippen LogP contribution in [0, 0.1) is 83.6 Å². The van der Waals surface area contributed by atoms with Crippen molar-refractivity contribution in [1.29, 1.82) is 0 Å². The van der Waals surface area contributed by atoms with Crippen LogP contribution in [-0.2, 0) is 9.53 Å². The number of hydrogen-bond donors (Lipinski definition) is 1. The monoisotopic (exact) mass is 302 g/mol. The fourth-order valence-electron chi connectivity index (χ4n) is 0.568. The van der Waals surface area contributed by atoms with Crippen LogP contribution in [0.4, 0.5) is 0 Å². The number of rotatable bonds is 2. The summed E-state index contributed by atoms with van der Waals surface area (Å²) in [7, 11) is 0. The van der Waals surface area contributed by atoms with E-state index >= 15 is 0 Å². The Morgan fingerprint density at radius 1 is 0.900 bits per heavy atom. The largest absolute Gasteiger partial charge is 0.371 e. The van der Waals surface area contributed by atoms with E-state index < -0.39 is 5.97 Å². The molecule has 0 unspecified atom stereocenters. The minimum Gasteiger partial charge on any atom is -0.371 e. The first-order chi connectivity index (χ1) is 9.81. The van der Waals surface area contributed by atoms with E-state index in [0.717, 1.165) is 0 Å². The van der Waals surface area contributed by atoms with Gasteiger partial charge in [-0.3, -0.25) is 4.79 Å². The fourth-order valence-corrected chi connectivity index (χ4v) is 0.750. The number of terminal acetylenes is 1. The van der Waals surface area contributed by atoms with Gasteiger partial charge in [-0.1, -0.05) is 0 Å². The molecule has 120 valence electrons. The minimum atomic E-state index is -0.447. The smallest absolute Gasteiger partial charge is 0.320 e. The molecule has 0 aliphatic carbocycles. The molecule has 0 aliphatic heterocycles. The molecular weight excluding hydrogens is 268 g/mol. The van der Waals surface area contributed by atoms with Gasteiger partial charge in [0.05, 0.1) is 6.42 Å². The Morgan fingerprint density at radius 2 is 1.35 bits per heavy atom. The molecule has 0 aromatic heterocycles. The first kappa shape index (κ1) is 16.7. The summed E-state index contributed by atoms with van der Waals surface area (Å²) in [4.78, 5) is 10.8. The van der Waals surface area contributed by atoms with E-state index in [1.807, 2.05) is 0 Å². The van der Waals surface area contributed by atoms with E-state index in [4.69, 9.17) is 6.42 Å². The van der Waals surface area contributed by atoms with Crippen LogP contribution in [0.2, 0.25) is 0 Å². The zero-order valence-corrected chi connectivity index (χ0v) is 11.1. The molecule has 2 nitrogen and oxygen atoms in total. The lowest BCUT2D eigenvalue weighted by atomic mass is 10.5. The lowest BCUT2D eigenvalue weighted by molar-refractivity contribution is -0.136. The van der Waals surface area contributed by atoms with Gasteiger partial charge in [0.25, 0.3) is 0 Å². The van der Waals surface area contributed by atoms with Crippen LogP contribution in [0.5, 0.6) is 0 Å². The standard InChI is InChI=1S/C17H6O2S.14H2/c1-2-3-4-5-6-7-8-9-10-11-12-13-15-19-17(18)14-16-20;;;;;;;;;;;;;;/h1,20H,14,16H2;14*1H. The predicted octanol–water partition coefficient (Wildman–Crippen LogP) is 3.90. The Bertz CT molecular complexity index is 792. The van der Waals surface area contributed by atoms with Crippen molar-refractivity contribution in [2.75, 3.05) is 5.75 Å². The molecule has 0 saturated carbocycles. The van der Waals surface area contributed by atoms with E-state index in [-0.39, 0.29) is 26.4 Å². The zero-order chi connectivity index (χ0) is 14.9. The maximum absolute atomic E-state index is 10.8. The van der Waals surface area contributed by atoms with E-state index in [1.54, 1.807) is 0 Å². The van der Waals surface area contributed by atoms with E-state index in [9.17, 15) is 4.79 Å². The van der Waals surface area contributed by atoms with Crippen molar-refractivity contribution in [3.8, 4) is 83.6 Å². The average Bonchev–Trinajstić information content (AvgIpc) is 2.44. The number of carbonyl (C=O) groups excluding carboxylic acids is 1. The van der Waals surface area contributed by atoms with Gasteiger partial charge >= 0.3 is 5.97 Å². The summed E-state index contributed by atoms with van der Waals surface area (Å²) in [6, 6.07) is 0. The fraction of sp³-hybridized carbons (Fsp3) is 0.118. The van der Waals surface area contributed by atoms with Crippen LogP contribution in [0.15, 0.2) is 0 Å². The molecule has 3 heteroatoms. The van der Waals surface area contributed by atoms with Gasteiger partial charge in [-0.05, 0) is 35.5 Å². The van der Waals surface area contributed by atoms with Gasteiger partial charge in [0.2, 0.25) is 0 Å². The molecule has 0 amide bonds. The summed E-state index contributed by atoms with van der Waals surface area (Å²) in [6.45, 7) is 0. The molecule has 0 saturated heterocycles. The van der Waals surface area contributed by atoms with Crippen molar-refractivity contribution in [1.82, 2.24) is 0 Å². The Kier molecular flexibility index (Phi) is 11.6. The first-order valence-electron chi connectivity index (χ1n) is 5.07. The highest BCUT2D eigenvalue weighted by Crippen LogP contribution is 1.86. The van der Waals surface area contributed by atoms with Crippen molar-refractivity contribution in [2.45, 2.75) is 6.42 Å². The highest BCUT2D eigenvalue weighted by Gasteiger charge is 1.96. The van der Waals surface area contributed by atoms with Crippen LogP contribution in [0.25, 0.3) is 0 Å². The Morgan fingerprint density at radius 3 is 1.80 bits per heavy atom. The molecular formula is C17H34O2S. The SMILES string of the molecule is C#CC#CC#CC#CC#CC#CC#COC(=O)CCS.[HH].[HH].[HH].[HH].[HH].[HH].[HH].[HH].[HH].[HH].[HH].[HH].[HH].[HH]. The molecule has 0 radical (unpaired) electrons. The second-order valence-electron chi connectivity index (χ2n) is 2.57. The van der Waals surface area contributed by atoms with Crippen LogP contribution in [-0.4, -0.2) is 11.7 Å². The van der Waals surface area contributed by atoms with Gasteiger partial charge in [-0.15, -0.1) is 6.42 Å². The molecule has 0 N–H and O–H groups in total. The molecule has 0 fully saturated rings. The van der Waals surface area contributed by atoms with Crippen molar-refractivity contribution in [3.05, 3.63) is 0 Å². The summed E-state index contributed by atoms with van der Waals surface area (Å²) in [5.41, 5.74) is 0. The van der Waals surface area contributed by atoms with Crippen LogP contribution < -0.4 is 0 Å². The maximum atomic E-state index is 10.8. The molecule has 0 aromatic rings. The van der Waals surface area contributed by atoms with Crippen molar-refractivity contribution in [3.63, 3.8) is 0 Å².